The molecule has 1 aromatic rings. The largest absolute Gasteiger partial charge is 0.482 e. The number of nitrogens with zero attached hydrogens (tertiary/aromatic N) is 1. The molecular weight excluding hydrogens is 264 g/mol. The number of ether oxygens (including phenoxy) is 1. The van der Waals surface area contributed by atoms with Crippen molar-refractivity contribution < 1.29 is 24.5 Å². The Kier molecular flexibility index (Phi) is 3.91. The maximum absolute atomic E-state index is 11.6. The highest BCUT2D eigenvalue weighted by molar-refractivity contribution is 5.97. The summed E-state index contributed by atoms with van der Waals surface area (Å²) in [6.07, 6.45) is -1.47. The number of hydrogen-bond donors (Lipinski definition) is 3. The summed E-state index contributed by atoms with van der Waals surface area (Å²) in [5.74, 6) is -0.737. The van der Waals surface area contributed by atoms with Gasteiger partial charge in [0, 0.05) is 13.1 Å². The first-order chi connectivity index (χ1) is 9.40. The Bertz CT molecular complexity index is 546. The van der Waals surface area contributed by atoms with E-state index in [1.165, 1.54) is 4.90 Å². The van der Waals surface area contributed by atoms with Gasteiger partial charge in [0.15, 0.2) is 6.61 Å². The van der Waals surface area contributed by atoms with Crippen LogP contribution in [0.25, 0.3) is 0 Å². The zero-order valence-corrected chi connectivity index (χ0v) is 10.9. The molecule has 0 aliphatic carbocycles. The molecule has 1 heterocycles. The topological polar surface area (TPSA) is 113 Å². The van der Waals surface area contributed by atoms with Gasteiger partial charge in [-0.15, -0.1) is 0 Å². The summed E-state index contributed by atoms with van der Waals surface area (Å²) in [6.45, 7) is -0.0239. The number of aliphatic hydroxyl groups excluding tert-OH is 1. The van der Waals surface area contributed by atoms with E-state index in [2.05, 4.69) is 0 Å². The summed E-state index contributed by atoms with van der Waals surface area (Å²) < 4.78 is 5.27. The van der Waals surface area contributed by atoms with Crippen molar-refractivity contribution in [3.8, 4) is 5.75 Å². The zero-order valence-electron chi connectivity index (χ0n) is 10.9. The molecule has 0 spiro atoms. The van der Waals surface area contributed by atoms with Gasteiger partial charge in [0.2, 0.25) is 0 Å². The maximum atomic E-state index is 11.6. The highest BCUT2D eigenvalue weighted by Gasteiger charge is 2.25. The summed E-state index contributed by atoms with van der Waals surface area (Å²) in [6, 6.07) is 3.90. The van der Waals surface area contributed by atoms with Gasteiger partial charge in [-0.3, -0.25) is 9.59 Å². The van der Waals surface area contributed by atoms with Crippen molar-refractivity contribution in [3.05, 3.63) is 23.8 Å². The summed E-state index contributed by atoms with van der Waals surface area (Å²) in [7, 11) is 1.61. The van der Waals surface area contributed by atoms with Gasteiger partial charge in [0.1, 0.15) is 5.75 Å². The van der Waals surface area contributed by atoms with E-state index < -0.39 is 18.1 Å². The van der Waals surface area contributed by atoms with E-state index >= 15 is 0 Å². The molecule has 0 aromatic heterocycles. The van der Waals surface area contributed by atoms with Crippen molar-refractivity contribution in [2.75, 3.05) is 18.6 Å². The number of aliphatic hydroxyl groups is 1. The lowest BCUT2D eigenvalue weighted by Gasteiger charge is -2.27. The van der Waals surface area contributed by atoms with Gasteiger partial charge in [-0.2, -0.15) is 0 Å². The molecule has 0 saturated heterocycles. The van der Waals surface area contributed by atoms with E-state index in [1.54, 1.807) is 25.2 Å². The van der Waals surface area contributed by atoms with Gasteiger partial charge in [0.05, 0.1) is 18.2 Å². The van der Waals surface area contributed by atoms with Crippen LogP contribution in [0.4, 0.5) is 5.69 Å². The molecule has 108 valence electrons. The van der Waals surface area contributed by atoms with Crippen LogP contribution >= 0.6 is 0 Å². The van der Waals surface area contributed by atoms with E-state index in [0.717, 1.165) is 0 Å². The molecular formula is C13H16N2O5. The lowest BCUT2D eigenvalue weighted by molar-refractivity contribution is -0.138. The minimum absolute atomic E-state index is 0.0239. The van der Waals surface area contributed by atoms with E-state index in [4.69, 9.17) is 15.6 Å². The first-order valence-electron chi connectivity index (χ1n) is 6.09. The monoisotopic (exact) mass is 280 g/mol. The Balaban J connectivity index is 2.26. The van der Waals surface area contributed by atoms with Crippen molar-refractivity contribution in [3.63, 3.8) is 0 Å². The molecule has 1 aliphatic rings. The Morgan fingerprint density at radius 1 is 1.55 bits per heavy atom. The molecule has 20 heavy (non-hydrogen) atoms. The number of likely N-dealkylation sites (N-methyl/N-ethyl adjacent to an activating group) is 1. The van der Waals surface area contributed by atoms with Crippen LogP contribution in [0, 0.1) is 0 Å². The minimum Gasteiger partial charge on any atom is -0.482 e. The first-order valence-corrected chi connectivity index (χ1v) is 6.09. The fraction of sp³-hybridized carbons (Fsp3) is 0.385. The number of fused-ring (bicyclic) bond motifs is 1. The number of carboxylic acids is 1. The Labute approximate surface area is 115 Å². The lowest BCUT2D eigenvalue weighted by atomic mass is 9.99. The number of benzene rings is 1. The van der Waals surface area contributed by atoms with E-state index in [9.17, 15) is 14.7 Å². The van der Waals surface area contributed by atoms with Crippen LogP contribution < -0.4 is 15.4 Å². The molecule has 1 amide bonds. The number of carbonyl (C=O) groups is 2. The van der Waals surface area contributed by atoms with Gasteiger partial charge < -0.3 is 25.6 Å². The third-order valence-electron chi connectivity index (χ3n) is 3.23. The van der Waals surface area contributed by atoms with Crippen molar-refractivity contribution >= 4 is 17.6 Å². The molecule has 0 saturated carbocycles. The van der Waals surface area contributed by atoms with Gasteiger partial charge in [-0.1, -0.05) is 6.07 Å². The van der Waals surface area contributed by atoms with Crippen LogP contribution in [-0.4, -0.2) is 41.8 Å². The Hall–Kier alpha value is -2.12. The van der Waals surface area contributed by atoms with Gasteiger partial charge in [0.25, 0.3) is 5.91 Å². The smallest absolute Gasteiger partial charge is 0.305 e. The van der Waals surface area contributed by atoms with Crippen molar-refractivity contribution in [1.29, 1.82) is 0 Å². The van der Waals surface area contributed by atoms with Gasteiger partial charge in [-0.05, 0) is 17.7 Å². The SMILES string of the molecule is CN1C(=O)COc2ccc(C(O)C(N)CC(=O)O)cc21. The third-order valence-corrected chi connectivity index (χ3v) is 3.23. The van der Waals surface area contributed by atoms with E-state index in [0.29, 0.717) is 17.0 Å². The van der Waals surface area contributed by atoms with Gasteiger partial charge >= 0.3 is 5.97 Å². The molecule has 7 nitrogen and oxygen atoms in total. The number of carboxylic acid groups (broad SMARTS) is 1. The highest BCUT2D eigenvalue weighted by atomic mass is 16.5. The van der Waals surface area contributed by atoms with Gasteiger partial charge in [-0.25, -0.2) is 0 Å². The molecule has 2 unspecified atom stereocenters. The number of rotatable bonds is 4. The number of anilines is 1. The normalized spacial score (nSPS) is 17.1. The summed E-state index contributed by atoms with van der Waals surface area (Å²) >= 11 is 0. The van der Waals surface area contributed by atoms with Crippen LogP contribution in [-0.2, 0) is 9.59 Å². The first kappa shape index (κ1) is 14.3. The fourth-order valence-corrected chi connectivity index (χ4v) is 2.03. The number of aliphatic carboxylic acids is 1. The summed E-state index contributed by atoms with van der Waals surface area (Å²) in [5.41, 5.74) is 6.62. The fourth-order valence-electron chi connectivity index (χ4n) is 2.03. The summed E-state index contributed by atoms with van der Waals surface area (Å²) in [4.78, 5) is 23.6. The van der Waals surface area contributed by atoms with E-state index in [-0.39, 0.29) is 18.9 Å². The molecule has 0 bridgehead atoms. The molecule has 1 aliphatic heterocycles. The van der Waals surface area contributed by atoms with Crippen LogP contribution in [0.5, 0.6) is 5.75 Å². The predicted molar refractivity (Wildman–Crippen MR) is 70.5 cm³/mol. The minimum atomic E-state index is -1.12. The van der Waals surface area contributed by atoms with Crippen molar-refractivity contribution in [2.45, 2.75) is 18.6 Å². The standard InChI is InChI=1S/C13H16N2O5/c1-15-9-4-7(13(19)8(14)5-12(17)18)2-3-10(9)20-6-11(15)16/h2-4,8,13,19H,5-6,14H2,1H3,(H,17,18). The van der Waals surface area contributed by atoms with Crippen LogP contribution in [0.1, 0.15) is 18.1 Å². The second-order valence-corrected chi connectivity index (χ2v) is 4.68. The molecule has 7 heteroatoms. The Morgan fingerprint density at radius 2 is 2.25 bits per heavy atom. The number of nitrogens with two attached hydrogens (primary N) is 1. The predicted octanol–water partition coefficient (Wildman–Crippen LogP) is -0.123. The second-order valence-electron chi connectivity index (χ2n) is 4.68. The summed E-state index contributed by atoms with van der Waals surface area (Å²) in [5, 5.41) is 18.7. The zero-order chi connectivity index (χ0) is 14.9. The second kappa shape index (κ2) is 5.48. The van der Waals surface area contributed by atoms with Crippen LogP contribution in [0.3, 0.4) is 0 Å². The van der Waals surface area contributed by atoms with Crippen molar-refractivity contribution in [1.82, 2.24) is 0 Å². The number of amides is 1. The lowest BCUT2D eigenvalue weighted by Crippen LogP contribution is -2.36. The molecule has 4 N–H and O–H groups in total. The molecule has 2 rings (SSSR count). The maximum Gasteiger partial charge on any atom is 0.305 e. The highest BCUT2D eigenvalue weighted by Crippen LogP contribution is 2.34. The molecule has 1 aromatic carbocycles. The molecule has 2 atom stereocenters. The third kappa shape index (κ3) is 2.73. The van der Waals surface area contributed by atoms with Crippen LogP contribution in [0.2, 0.25) is 0 Å². The average molecular weight is 280 g/mol. The number of carbonyl (C=O) groups excluding carboxylic acids is 1. The van der Waals surface area contributed by atoms with Crippen LogP contribution in [0.15, 0.2) is 18.2 Å². The molecule has 0 fully saturated rings. The Morgan fingerprint density at radius 3 is 2.90 bits per heavy atom. The molecule has 0 radical (unpaired) electrons. The van der Waals surface area contributed by atoms with E-state index in [1.807, 2.05) is 0 Å². The number of hydrogen-bond acceptors (Lipinski definition) is 5. The average Bonchev–Trinajstić information content (AvgIpc) is 2.41. The quantitative estimate of drug-likeness (QED) is 0.708. The van der Waals surface area contributed by atoms with Crippen molar-refractivity contribution in [2.24, 2.45) is 5.73 Å².